The maximum absolute atomic E-state index is 13.7. The molecule has 0 bridgehead atoms. The van der Waals surface area contributed by atoms with Crippen LogP contribution in [-0.4, -0.2) is 19.5 Å². The summed E-state index contributed by atoms with van der Waals surface area (Å²) in [5, 5.41) is 8.81. The lowest BCUT2D eigenvalue weighted by Gasteiger charge is -2.10. The molecule has 2 aromatic rings. The first-order valence-electron chi connectivity index (χ1n) is 6.58. The third-order valence-corrected chi connectivity index (χ3v) is 4.55. The Morgan fingerprint density at radius 2 is 1.74 bits per heavy atom. The summed E-state index contributed by atoms with van der Waals surface area (Å²) in [6, 6.07) is 6.84. The van der Waals surface area contributed by atoms with E-state index in [2.05, 4.69) is 0 Å². The highest BCUT2D eigenvalue weighted by Crippen LogP contribution is 2.23. The van der Waals surface area contributed by atoms with Crippen LogP contribution in [0.5, 0.6) is 0 Å². The second-order valence-electron chi connectivity index (χ2n) is 4.72. The molecular formula is C15H13F2NO4S. The fourth-order valence-corrected chi connectivity index (χ4v) is 2.96. The number of benzene rings is 2. The maximum atomic E-state index is 13.7. The van der Waals surface area contributed by atoms with Gasteiger partial charge >= 0.3 is 5.97 Å². The molecule has 0 fully saturated rings. The number of hydrogen-bond donors (Lipinski definition) is 2. The van der Waals surface area contributed by atoms with Gasteiger partial charge in [0, 0.05) is 6.07 Å². The van der Waals surface area contributed by atoms with Gasteiger partial charge in [0.25, 0.3) is 10.0 Å². The highest BCUT2D eigenvalue weighted by Gasteiger charge is 2.20. The Balaban J connectivity index is 2.40. The molecule has 2 N–H and O–H groups in total. The van der Waals surface area contributed by atoms with E-state index in [-0.39, 0.29) is 4.90 Å². The van der Waals surface area contributed by atoms with E-state index in [1.165, 1.54) is 12.1 Å². The van der Waals surface area contributed by atoms with Crippen molar-refractivity contribution in [2.75, 3.05) is 4.72 Å². The summed E-state index contributed by atoms with van der Waals surface area (Å²) in [7, 11) is -4.12. The van der Waals surface area contributed by atoms with E-state index in [4.69, 9.17) is 5.11 Å². The van der Waals surface area contributed by atoms with Crippen LogP contribution in [0, 0.1) is 11.6 Å². The van der Waals surface area contributed by atoms with Crippen LogP contribution in [0.1, 0.15) is 22.8 Å². The summed E-state index contributed by atoms with van der Waals surface area (Å²) in [4.78, 5) is 10.7. The topological polar surface area (TPSA) is 83.5 Å². The van der Waals surface area contributed by atoms with Crippen molar-refractivity contribution in [3.63, 3.8) is 0 Å². The third kappa shape index (κ3) is 3.65. The highest BCUT2D eigenvalue weighted by molar-refractivity contribution is 7.92. The number of hydrogen-bond acceptors (Lipinski definition) is 3. The Bertz CT molecular complexity index is 849. The number of carboxylic acid groups (broad SMARTS) is 1. The molecule has 0 aliphatic heterocycles. The predicted octanol–water partition coefficient (Wildman–Crippen LogP) is 3.03. The number of carboxylic acids is 1. The van der Waals surface area contributed by atoms with Crippen molar-refractivity contribution in [1.29, 1.82) is 0 Å². The summed E-state index contributed by atoms with van der Waals surface area (Å²) in [5.41, 5.74) is -0.543. The first-order chi connectivity index (χ1) is 10.7. The summed E-state index contributed by atoms with van der Waals surface area (Å²) in [6.45, 7) is 1.91. The second-order valence-corrected chi connectivity index (χ2v) is 6.40. The lowest BCUT2D eigenvalue weighted by molar-refractivity contribution is 0.0692. The van der Waals surface area contributed by atoms with Crippen molar-refractivity contribution in [2.45, 2.75) is 18.2 Å². The van der Waals surface area contributed by atoms with Gasteiger partial charge in [-0.15, -0.1) is 0 Å². The largest absolute Gasteiger partial charge is 0.478 e. The number of nitrogens with one attached hydrogen (secondary N) is 1. The van der Waals surface area contributed by atoms with Gasteiger partial charge in [0.2, 0.25) is 0 Å². The molecule has 0 amide bonds. The number of aromatic carboxylic acids is 1. The fourth-order valence-electron chi connectivity index (χ4n) is 1.90. The van der Waals surface area contributed by atoms with Gasteiger partial charge in [-0.05, 0) is 30.2 Å². The van der Waals surface area contributed by atoms with Crippen LogP contribution in [0.25, 0.3) is 0 Å². The van der Waals surface area contributed by atoms with Crippen molar-refractivity contribution in [2.24, 2.45) is 0 Å². The van der Waals surface area contributed by atoms with Crippen LogP contribution in [-0.2, 0) is 16.4 Å². The molecule has 0 radical (unpaired) electrons. The van der Waals surface area contributed by atoms with E-state index in [9.17, 15) is 22.0 Å². The molecule has 0 unspecified atom stereocenters. The van der Waals surface area contributed by atoms with E-state index >= 15 is 0 Å². The van der Waals surface area contributed by atoms with Gasteiger partial charge < -0.3 is 5.11 Å². The molecule has 0 spiro atoms. The number of anilines is 1. The molecule has 0 heterocycles. The van der Waals surface area contributed by atoms with Crippen LogP contribution < -0.4 is 4.72 Å². The van der Waals surface area contributed by atoms with Crippen molar-refractivity contribution in [3.05, 3.63) is 59.2 Å². The van der Waals surface area contributed by atoms with Crippen LogP contribution in [0.3, 0.4) is 0 Å². The van der Waals surface area contributed by atoms with Gasteiger partial charge in [-0.3, -0.25) is 4.72 Å². The molecule has 0 saturated heterocycles. The Hall–Kier alpha value is -2.48. The lowest BCUT2D eigenvalue weighted by Crippen LogP contribution is -2.15. The fraction of sp³-hybridized carbons (Fsp3) is 0.133. The summed E-state index contributed by atoms with van der Waals surface area (Å²) >= 11 is 0. The molecule has 2 rings (SSSR count). The molecule has 8 heteroatoms. The van der Waals surface area contributed by atoms with Gasteiger partial charge in [0.1, 0.15) is 11.6 Å². The number of rotatable bonds is 5. The first kappa shape index (κ1) is 16.9. The molecular weight excluding hydrogens is 328 g/mol. The number of halogens is 2. The van der Waals surface area contributed by atoms with Gasteiger partial charge in [-0.1, -0.05) is 19.1 Å². The zero-order chi connectivity index (χ0) is 17.2. The molecule has 0 aromatic heterocycles. The average molecular weight is 341 g/mol. The van der Waals surface area contributed by atoms with E-state index in [0.29, 0.717) is 12.1 Å². The van der Waals surface area contributed by atoms with Crippen LogP contribution in [0.4, 0.5) is 14.5 Å². The first-order valence-corrected chi connectivity index (χ1v) is 8.07. The maximum Gasteiger partial charge on any atom is 0.338 e. The second kappa shape index (κ2) is 6.33. The summed E-state index contributed by atoms with van der Waals surface area (Å²) in [6.07, 6.45) is 0.725. The van der Waals surface area contributed by atoms with E-state index in [0.717, 1.165) is 12.0 Å². The Morgan fingerprint density at radius 3 is 2.26 bits per heavy atom. The highest BCUT2D eigenvalue weighted by atomic mass is 32.2. The van der Waals surface area contributed by atoms with Crippen LogP contribution in [0.2, 0.25) is 0 Å². The van der Waals surface area contributed by atoms with E-state index < -0.39 is 38.9 Å². The van der Waals surface area contributed by atoms with Gasteiger partial charge in [-0.25, -0.2) is 22.0 Å². The van der Waals surface area contributed by atoms with Crippen LogP contribution >= 0.6 is 0 Å². The summed E-state index contributed by atoms with van der Waals surface area (Å²) in [5.74, 6) is -4.12. The monoisotopic (exact) mass is 341 g/mol. The molecule has 0 atom stereocenters. The Morgan fingerprint density at radius 1 is 1.13 bits per heavy atom. The quantitative estimate of drug-likeness (QED) is 0.876. The number of carbonyl (C=O) groups is 1. The molecule has 23 heavy (non-hydrogen) atoms. The minimum atomic E-state index is -4.12. The molecule has 5 nitrogen and oxygen atoms in total. The van der Waals surface area contributed by atoms with Gasteiger partial charge in [0.05, 0.1) is 16.1 Å². The Labute approximate surface area is 131 Å². The smallest absolute Gasteiger partial charge is 0.338 e. The van der Waals surface area contributed by atoms with Gasteiger partial charge in [-0.2, -0.15) is 0 Å². The van der Waals surface area contributed by atoms with Crippen molar-refractivity contribution < 1.29 is 27.1 Å². The van der Waals surface area contributed by atoms with Crippen molar-refractivity contribution in [3.8, 4) is 0 Å². The minimum absolute atomic E-state index is 0.115. The zero-order valence-corrected chi connectivity index (χ0v) is 12.8. The van der Waals surface area contributed by atoms with Gasteiger partial charge in [0.15, 0.2) is 0 Å². The van der Waals surface area contributed by atoms with E-state index in [1.54, 1.807) is 12.1 Å². The molecule has 2 aromatic carbocycles. The van der Waals surface area contributed by atoms with Crippen molar-refractivity contribution in [1.82, 2.24) is 0 Å². The number of aryl methyl sites for hydroxylation is 1. The molecule has 0 saturated carbocycles. The minimum Gasteiger partial charge on any atom is -0.478 e. The number of sulfonamides is 1. The predicted molar refractivity (Wildman–Crippen MR) is 79.9 cm³/mol. The molecule has 122 valence electrons. The molecule has 0 aliphatic rings. The summed E-state index contributed by atoms with van der Waals surface area (Å²) < 4.78 is 53.4. The standard InChI is InChI=1S/C15H13F2NO4S/c1-2-9-3-5-10(6-4-9)23(21,22)18-14-7-11(15(19)20)12(16)8-13(14)17/h3-8,18H,2H2,1H3,(H,19,20). The van der Waals surface area contributed by atoms with E-state index in [1.807, 2.05) is 11.6 Å². The lowest BCUT2D eigenvalue weighted by atomic mass is 10.2. The normalized spacial score (nSPS) is 11.3. The third-order valence-electron chi connectivity index (χ3n) is 3.17. The molecule has 0 aliphatic carbocycles. The van der Waals surface area contributed by atoms with Crippen molar-refractivity contribution >= 4 is 21.7 Å². The zero-order valence-electron chi connectivity index (χ0n) is 12.0. The SMILES string of the molecule is CCc1ccc(S(=O)(=O)Nc2cc(C(=O)O)c(F)cc2F)cc1. The van der Waals surface area contributed by atoms with Crippen LogP contribution in [0.15, 0.2) is 41.3 Å². The average Bonchev–Trinajstić information content (AvgIpc) is 2.49. The Kier molecular flexibility index (Phi) is 4.65.